The minimum Gasteiger partial charge on any atom is -0.516 e. The number of thioether (sulfide) groups is 1. The molecule has 0 aliphatic carbocycles. The smallest absolute Gasteiger partial charge is 0.324 e. The highest BCUT2D eigenvalue weighted by atomic mass is 32.2. The highest BCUT2D eigenvalue weighted by molar-refractivity contribution is 7.98. The Morgan fingerprint density at radius 2 is 2.00 bits per heavy atom. The van der Waals surface area contributed by atoms with Gasteiger partial charge in [0.1, 0.15) is 0 Å². The van der Waals surface area contributed by atoms with Crippen LogP contribution in [0.5, 0.6) is 0 Å². The SMILES string of the molecule is CSc1cccc(C(=O)O[Si](C)(C)C)c1. The first-order valence-corrected chi connectivity index (χ1v) is 9.43. The molecule has 0 aromatic heterocycles. The van der Waals surface area contributed by atoms with Gasteiger partial charge in [-0.1, -0.05) is 6.07 Å². The molecule has 0 fully saturated rings. The van der Waals surface area contributed by atoms with Crippen LogP contribution in [0.4, 0.5) is 0 Å². The maximum absolute atomic E-state index is 11.7. The van der Waals surface area contributed by atoms with Gasteiger partial charge in [0.05, 0.1) is 5.56 Å². The van der Waals surface area contributed by atoms with Crippen molar-refractivity contribution >= 4 is 26.0 Å². The Morgan fingerprint density at radius 1 is 1.33 bits per heavy atom. The summed E-state index contributed by atoms with van der Waals surface area (Å²) in [6.45, 7) is 6.01. The summed E-state index contributed by atoms with van der Waals surface area (Å²) in [7, 11) is -1.79. The first-order chi connectivity index (χ1) is 6.92. The number of carbonyl (C=O) groups is 1. The second-order valence-corrected chi connectivity index (χ2v) is 9.54. The van der Waals surface area contributed by atoms with Gasteiger partial charge in [-0.15, -0.1) is 11.8 Å². The standard InChI is InChI=1S/C11H16O2SSi/c1-14-10-7-5-6-9(8-10)11(12)13-15(2,3)4/h5-8H,1-4H3. The average molecular weight is 240 g/mol. The number of hydrogen-bond donors (Lipinski definition) is 0. The summed E-state index contributed by atoms with van der Waals surface area (Å²) >= 11 is 1.62. The third-order valence-corrected chi connectivity index (χ3v) is 3.23. The molecule has 1 aromatic rings. The largest absolute Gasteiger partial charge is 0.516 e. The van der Waals surface area contributed by atoms with Crippen LogP contribution < -0.4 is 0 Å². The molecule has 4 heteroatoms. The lowest BCUT2D eigenvalue weighted by atomic mass is 10.2. The predicted molar refractivity (Wildman–Crippen MR) is 67.0 cm³/mol. The highest BCUT2D eigenvalue weighted by Crippen LogP contribution is 2.17. The number of hydrogen-bond acceptors (Lipinski definition) is 3. The Morgan fingerprint density at radius 3 is 2.53 bits per heavy atom. The minimum atomic E-state index is -1.79. The predicted octanol–water partition coefficient (Wildman–Crippen LogP) is 3.40. The van der Waals surface area contributed by atoms with Crippen molar-refractivity contribution in [2.24, 2.45) is 0 Å². The van der Waals surface area contributed by atoms with Crippen molar-refractivity contribution in [1.29, 1.82) is 0 Å². The molecular formula is C11H16O2SSi. The van der Waals surface area contributed by atoms with E-state index in [1.165, 1.54) is 0 Å². The normalized spacial score (nSPS) is 11.2. The molecule has 0 saturated carbocycles. The van der Waals surface area contributed by atoms with Gasteiger partial charge >= 0.3 is 5.97 Å². The van der Waals surface area contributed by atoms with Crippen LogP contribution in [0.2, 0.25) is 19.6 Å². The second-order valence-electron chi connectivity index (χ2n) is 4.23. The Kier molecular flexibility index (Phi) is 3.99. The molecule has 0 radical (unpaired) electrons. The van der Waals surface area contributed by atoms with Crippen LogP contribution in [0.1, 0.15) is 10.4 Å². The first kappa shape index (κ1) is 12.3. The molecular weight excluding hydrogens is 224 g/mol. The third-order valence-electron chi connectivity index (χ3n) is 1.70. The Labute approximate surface area is 96.2 Å². The molecule has 2 nitrogen and oxygen atoms in total. The topological polar surface area (TPSA) is 26.3 Å². The van der Waals surface area contributed by atoms with Crippen LogP contribution in [0, 0.1) is 0 Å². The molecule has 0 bridgehead atoms. The van der Waals surface area contributed by atoms with Gasteiger partial charge in [-0.25, -0.2) is 4.79 Å². The quantitative estimate of drug-likeness (QED) is 0.598. The first-order valence-electron chi connectivity index (χ1n) is 4.80. The van der Waals surface area contributed by atoms with Gasteiger partial charge in [0.2, 0.25) is 8.32 Å². The van der Waals surface area contributed by atoms with E-state index in [1.54, 1.807) is 17.8 Å². The lowest BCUT2D eigenvalue weighted by Crippen LogP contribution is -2.29. The molecule has 0 spiro atoms. The summed E-state index contributed by atoms with van der Waals surface area (Å²) in [4.78, 5) is 12.8. The maximum Gasteiger partial charge on any atom is 0.324 e. The van der Waals surface area contributed by atoms with E-state index in [1.807, 2.05) is 44.1 Å². The third kappa shape index (κ3) is 4.09. The molecule has 0 aliphatic heterocycles. The van der Waals surface area contributed by atoms with Gasteiger partial charge in [0.25, 0.3) is 0 Å². The van der Waals surface area contributed by atoms with Gasteiger partial charge in [0.15, 0.2) is 0 Å². The van der Waals surface area contributed by atoms with E-state index < -0.39 is 8.32 Å². The van der Waals surface area contributed by atoms with Crippen molar-refractivity contribution < 1.29 is 9.22 Å². The van der Waals surface area contributed by atoms with E-state index in [2.05, 4.69) is 0 Å². The molecule has 15 heavy (non-hydrogen) atoms. The van der Waals surface area contributed by atoms with E-state index >= 15 is 0 Å². The number of benzene rings is 1. The molecule has 0 heterocycles. The van der Waals surface area contributed by atoms with E-state index in [4.69, 9.17) is 4.43 Å². The summed E-state index contributed by atoms with van der Waals surface area (Å²) in [5, 5.41) is 0. The van der Waals surface area contributed by atoms with Gasteiger partial charge in [-0.2, -0.15) is 0 Å². The van der Waals surface area contributed by atoms with Crippen LogP contribution in [-0.2, 0) is 4.43 Å². The lowest BCUT2D eigenvalue weighted by Gasteiger charge is -2.17. The number of rotatable bonds is 3. The Bertz CT molecular complexity index is 358. The average Bonchev–Trinajstić information content (AvgIpc) is 2.15. The molecule has 0 atom stereocenters. The molecule has 0 aliphatic rings. The highest BCUT2D eigenvalue weighted by Gasteiger charge is 2.20. The van der Waals surface area contributed by atoms with Gasteiger partial charge in [0, 0.05) is 4.90 Å². The molecule has 0 N–H and O–H groups in total. The van der Waals surface area contributed by atoms with Crippen LogP contribution in [0.3, 0.4) is 0 Å². The summed E-state index contributed by atoms with van der Waals surface area (Å²) in [6.07, 6.45) is 1.99. The number of carbonyl (C=O) groups excluding carboxylic acids is 1. The summed E-state index contributed by atoms with van der Waals surface area (Å²) in [6, 6.07) is 7.53. The van der Waals surface area contributed by atoms with Crippen molar-refractivity contribution in [2.75, 3.05) is 6.26 Å². The van der Waals surface area contributed by atoms with Crippen molar-refractivity contribution in [3.05, 3.63) is 29.8 Å². The second kappa shape index (κ2) is 4.85. The van der Waals surface area contributed by atoms with Crippen LogP contribution in [0.15, 0.2) is 29.2 Å². The molecule has 82 valence electrons. The van der Waals surface area contributed by atoms with Crippen molar-refractivity contribution in [1.82, 2.24) is 0 Å². The van der Waals surface area contributed by atoms with Crippen molar-refractivity contribution in [2.45, 2.75) is 24.5 Å². The summed E-state index contributed by atoms with van der Waals surface area (Å²) in [5.74, 6) is -0.204. The fourth-order valence-corrected chi connectivity index (χ4v) is 2.22. The molecule has 0 amide bonds. The zero-order chi connectivity index (χ0) is 11.5. The molecule has 1 rings (SSSR count). The molecule has 0 unspecified atom stereocenters. The summed E-state index contributed by atoms with van der Waals surface area (Å²) in [5.41, 5.74) is 0.643. The lowest BCUT2D eigenvalue weighted by molar-refractivity contribution is 0.0724. The van der Waals surface area contributed by atoms with Gasteiger partial charge < -0.3 is 4.43 Å². The minimum absolute atomic E-state index is 0.204. The van der Waals surface area contributed by atoms with Gasteiger partial charge in [-0.05, 0) is 44.1 Å². The maximum atomic E-state index is 11.7. The van der Waals surface area contributed by atoms with Crippen LogP contribution >= 0.6 is 11.8 Å². The van der Waals surface area contributed by atoms with Crippen LogP contribution in [-0.4, -0.2) is 20.5 Å². The van der Waals surface area contributed by atoms with Crippen molar-refractivity contribution in [3.8, 4) is 0 Å². The van der Waals surface area contributed by atoms with Crippen LogP contribution in [0.25, 0.3) is 0 Å². The fourth-order valence-electron chi connectivity index (χ4n) is 1.09. The molecule has 1 aromatic carbocycles. The van der Waals surface area contributed by atoms with E-state index in [-0.39, 0.29) is 5.97 Å². The van der Waals surface area contributed by atoms with Crippen molar-refractivity contribution in [3.63, 3.8) is 0 Å². The fraction of sp³-hybridized carbons (Fsp3) is 0.364. The van der Waals surface area contributed by atoms with E-state index in [0.29, 0.717) is 5.56 Å². The Hall–Kier alpha value is -0.743. The van der Waals surface area contributed by atoms with E-state index in [0.717, 1.165) is 4.90 Å². The van der Waals surface area contributed by atoms with Gasteiger partial charge in [-0.3, -0.25) is 0 Å². The van der Waals surface area contributed by atoms with E-state index in [9.17, 15) is 4.79 Å². The Balaban J connectivity index is 2.82. The zero-order valence-electron chi connectivity index (χ0n) is 9.53. The molecule has 0 saturated heterocycles. The monoisotopic (exact) mass is 240 g/mol. The summed E-state index contributed by atoms with van der Waals surface area (Å²) < 4.78 is 5.41. The zero-order valence-corrected chi connectivity index (χ0v) is 11.4.